The molecule has 114 valence electrons. The summed E-state index contributed by atoms with van der Waals surface area (Å²) >= 11 is 0. The molecule has 0 aliphatic heterocycles. The minimum atomic E-state index is -0.929. The van der Waals surface area contributed by atoms with Crippen LogP contribution in [-0.4, -0.2) is 25.2 Å². The molecule has 5 nitrogen and oxygen atoms in total. The van der Waals surface area contributed by atoms with Crippen molar-refractivity contribution in [2.24, 2.45) is 0 Å². The van der Waals surface area contributed by atoms with Crippen LogP contribution in [0.3, 0.4) is 0 Å². The van der Waals surface area contributed by atoms with Gasteiger partial charge in [-0.2, -0.15) is 0 Å². The van der Waals surface area contributed by atoms with Gasteiger partial charge in [0.1, 0.15) is 11.5 Å². The second kappa shape index (κ2) is 8.09. The van der Waals surface area contributed by atoms with Crippen LogP contribution < -0.4 is 9.47 Å². The molecule has 0 radical (unpaired) electrons. The molecule has 5 heteroatoms. The maximum absolute atomic E-state index is 12.1. The molecule has 0 saturated carbocycles. The van der Waals surface area contributed by atoms with Gasteiger partial charge in [-0.15, -0.1) is 0 Å². The van der Waals surface area contributed by atoms with Crippen molar-refractivity contribution in [3.05, 3.63) is 36.4 Å². The van der Waals surface area contributed by atoms with E-state index in [1.165, 1.54) is 6.92 Å². The molecule has 0 saturated heterocycles. The maximum atomic E-state index is 12.1. The minimum Gasteiger partial charge on any atom is -0.497 e. The first-order valence-corrected chi connectivity index (χ1v) is 6.70. The molecule has 0 spiro atoms. The van der Waals surface area contributed by atoms with Gasteiger partial charge < -0.3 is 14.2 Å². The molecule has 1 unspecified atom stereocenters. The van der Waals surface area contributed by atoms with Gasteiger partial charge >= 0.3 is 11.9 Å². The van der Waals surface area contributed by atoms with Crippen molar-refractivity contribution in [2.75, 3.05) is 7.11 Å². The molecule has 0 heterocycles. The third kappa shape index (κ3) is 5.30. The van der Waals surface area contributed by atoms with Crippen molar-refractivity contribution in [1.29, 1.82) is 0 Å². The van der Waals surface area contributed by atoms with Crippen molar-refractivity contribution in [2.45, 2.75) is 32.8 Å². The zero-order valence-corrected chi connectivity index (χ0v) is 12.5. The van der Waals surface area contributed by atoms with Gasteiger partial charge in [0.05, 0.1) is 7.11 Å². The number of carbonyl (C=O) groups is 2. The molecular formula is C16H20O5. The zero-order valence-electron chi connectivity index (χ0n) is 12.5. The smallest absolute Gasteiger partial charge is 0.352 e. The molecule has 1 aromatic carbocycles. The third-order valence-corrected chi connectivity index (χ3v) is 2.69. The summed E-state index contributed by atoms with van der Waals surface area (Å²) in [7, 11) is 1.55. The van der Waals surface area contributed by atoms with E-state index >= 15 is 0 Å². The lowest BCUT2D eigenvalue weighted by Crippen LogP contribution is -2.31. The molecule has 0 fully saturated rings. The van der Waals surface area contributed by atoms with Gasteiger partial charge in [-0.3, -0.25) is 0 Å². The largest absolute Gasteiger partial charge is 0.497 e. The van der Waals surface area contributed by atoms with Gasteiger partial charge in [0.25, 0.3) is 0 Å². The predicted molar refractivity (Wildman–Crippen MR) is 78.2 cm³/mol. The average molecular weight is 292 g/mol. The highest BCUT2D eigenvalue weighted by atomic mass is 16.6. The summed E-state index contributed by atoms with van der Waals surface area (Å²) in [5.41, 5.74) is 0.244. The first-order chi connectivity index (χ1) is 9.97. The van der Waals surface area contributed by atoms with E-state index < -0.39 is 18.0 Å². The summed E-state index contributed by atoms with van der Waals surface area (Å²) in [5.74, 6) is -0.168. The van der Waals surface area contributed by atoms with E-state index in [-0.39, 0.29) is 5.57 Å². The Morgan fingerprint density at radius 2 is 1.76 bits per heavy atom. The van der Waals surface area contributed by atoms with Crippen molar-refractivity contribution < 1.29 is 23.8 Å². The Balaban J connectivity index is 2.71. The van der Waals surface area contributed by atoms with Crippen molar-refractivity contribution >= 4 is 11.9 Å². The summed E-state index contributed by atoms with van der Waals surface area (Å²) in [4.78, 5) is 23.6. The van der Waals surface area contributed by atoms with E-state index in [1.54, 1.807) is 31.4 Å². The Kier molecular flexibility index (Phi) is 6.46. The third-order valence-electron chi connectivity index (χ3n) is 2.69. The maximum Gasteiger partial charge on any atom is 0.352 e. The van der Waals surface area contributed by atoms with Crippen LogP contribution in [-0.2, 0) is 14.3 Å². The first kappa shape index (κ1) is 16.8. The number of methoxy groups -OCH3 is 1. The lowest BCUT2D eigenvalue weighted by atomic mass is 10.2. The second-order valence-corrected chi connectivity index (χ2v) is 4.56. The highest BCUT2D eigenvalue weighted by Crippen LogP contribution is 2.18. The summed E-state index contributed by atoms with van der Waals surface area (Å²) in [6.07, 6.45) is 0.154. The van der Waals surface area contributed by atoms with E-state index in [0.29, 0.717) is 24.3 Å². The summed E-state index contributed by atoms with van der Waals surface area (Å²) in [5, 5.41) is 0. The Hall–Kier alpha value is -2.30. The summed E-state index contributed by atoms with van der Waals surface area (Å²) < 4.78 is 15.3. The number of rotatable bonds is 7. The molecule has 1 atom stereocenters. The van der Waals surface area contributed by atoms with E-state index in [9.17, 15) is 9.59 Å². The van der Waals surface area contributed by atoms with Crippen LogP contribution in [0.15, 0.2) is 36.4 Å². The van der Waals surface area contributed by atoms with Gasteiger partial charge in [0.15, 0.2) is 6.10 Å². The highest BCUT2D eigenvalue weighted by molar-refractivity contribution is 5.89. The Morgan fingerprint density at radius 3 is 2.24 bits per heavy atom. The Morgan fingerprint density at radius 1 is 1.19 bits per heavy atom. The van der Waals surface area contributed by atoms with E-state index in [4.69, 9.17) is 14.2 Å². The fourth-order valence-electron chi connectivity index (χ4n) is 1.54. The minimum absolute atomic E-state index is 0.244. The van der Waals surface area contributed by atoms with Gasteiger partial charge in [-0.1, -0.05) is 19.9 Å². The molecule has 0 aliphatic carbocycles. The Labute approximate surface area is 124 Å². The second-order valence-electron chi connectivity index (χ2n) is 4.56. The number of carbonyl (C=O) groups excluding carboxylic acids is 2. The van der Waals surface area contributed by atoms with Crippen molar-refractivity contribution in [3.63, 3.8) is 0 Å². The standard InChI is InChI=1S/C16H20O5/c1-5-6-14(21-15(17)11(2)3)16(18)20-13-9-7-12(19-4)8-10-13/h7-10,14H,2,5-6H2,1,3-4H3. The number of hydrogen-bond donors (Lipinski definition) is 0. The summed E-state index contributed by atoms with van der Waals surface area (Å²) in [6, 6.07) is 6.58. The lowest BCUT2D eigenvalue weighted by molar-refractivity contribution is -0.159. The SMILES string of the molecule is C=C(C)C(=O)OC(CCC)C(=O)Oc1ccc(OC)cc1. The normalized spacial score (nSPS) is 11.4. The molecular weight excluding hydrogens is 272 g/mol. The van der Waals surface area contributed by atoms with Crippen LogP contribution in [0.1, 0.15) is 26.7 Å². The molecule has 1 rings (SSSR count). The van der Waals surface area contributed by atoms with Crippen LogP contribution >= 0.6 is 0 Å². The van der Waals surface area contributed by atoms with Crippen LogP contribution in [0.2, 0.25) is 0 Å². The van der Waals surface area contributed by atoms with E-state index in [2.05, 4.69) is 6.58 Å². The van der Waals surface area contributed by atoms with Crippen LogP contribution in [0, 0.1) is 0 Å². The number of esters is 2. The van der Waals surface area contributed by atoms with E-state index in [0.717, 1.165) is 0 Å². The number of benzene rings is 1. The predicted octanol–water partition coefficient (Wildman–Crippen LogP) is 2.89. The topological polar surface area (TPSA) is 61.8 Å². The fraction of sp³-hybridized carbons (Fsp3) is 0.375. The van der Waals surface area contributed by atoms with Gasteiger partial charge in [0, 0.05) is 5.57 Å². The monoisotopic (exact) mass is 292 g/mol. The van der Waals surface area contributed by atoms with Crippen LogP contribution in [0.4, 0.5) is 0 Å². The zero-order chi connectivity index (χ0) is 15.8. The van der Waals surface area contributed by atoms with Crippen LogP contribution in [0.25, 0.3) is 0 Å². The first-order valence-electron chi connectivity index (χ1n) is 6.70. The van der Waals surface area contributed by atoms with Crippen LogP contribution in [0.5, 0.6) is 11.5 Å². The molecule has 0 amide bonds. The number of ether oxygens (including phenoxy) is 3. The molecule has 0 aliphatic rings. The molecule has 0 bridgehead atoms. The number of hydrogen-bond acceptors (Lipinski definition) is 5. The molecule has 0 N–H and O–H groups in total. The lowest BCUT2D eigenvalue weighted by Gasteiger charge is -2.16. The fourth-order valence-corrected chi connectivity index (χ4v) is 1.54. The van der Waals surface area contributed by atoms with E-state index in [1.807, 2.05) is 6.92 Å². The quantitative estimate of drug-likeness (QED) is 0.439. The highest BCUT2D eigenvalue weighted by Gasteiger charge is 2.24. The average Bonchev–Trinajstić information content (AvgIpc) is 2.47. The Bertz CT molecular complexity index is 504. The molecule has 21 heavy (non-hydrogen) atoms. The van der Waals surface area contributed by atoms with Gasteiger partial charge in [0.2, 0.25) is 0 Å². The van der Waals surface area contributed by atoms with Crippen molar-refractivity contribution in [1.82, 2.24) is 0 Å². The molecule has 0 aromatic heterocycles. The van der Waals surface area contributed by atoms with Gasteiger partial charge in [-0.05, 0) is 37.6 Å². The van der Waals surface area contributed by atoms with Crippen molar-refractivity contribution in [3.8, 4) is 11.5 Å². The molecule has 1 aromatic rings. The van der Waals surface area contributed by atoms with Gasteiger partial charge in [-0.25, -0.2) is 9.59 Å². The summed E-state index contributed by atoms with van der Waals surface area (Å²) in [6.45, 7) is 6.91.